The predicted octanol–water partition coefficient (Wildman–Crippen LogP) is 1.16. The lowest BCUT2D eigenvalue weighted by atomic mass is 10.1. The van der Waals surface area contributed by atoms with Crippen LogP contribution in [0.15, 0.2) is 22.8 Å². The molecule has 4 heterocycles. The Morgan fingerprint density at radius 3 is 2.76 bits per heavy atom. The van der Waals surface area contributed by atoms with Gasteiger partial charge in [-0.25, -0.2) is 0 Å². The van der Waals surface area contributed by atoms with E-state index in [0.717, 1.165) is 16.8 Å². The molecule has 7 nitrogen and oxygen atoms in total. The van der Waals surface area contributed by atoms with Gasteiger partial charge in [-0.2, -0.15) is 0 Å². The van der Waals surface area contributed by atoms with Gasteiger partial charge in [0.15, 0.2) is 0 Å². The van der Waals surface area contributed by atoms with Crippen LogP contribution in [-0.4, -0.2) is 73.6 Å². The number of piperazine rings is 1. The van der Waals surface area contributed by atoms with Gasteiger partial charge >= 0.3 is 0 Å². The zero-order valence-corrected chi connectivity index (χ0v) is 14.7. The van der Waals surface area contributed by atoms with Crippen LogP contribution in [0.2, 0.25) is 0 Å². The molecule has 2 amide bonds. The first kappa shape index (κ1) is 16.6. The highest BCUT2D eigenvalue weighted by atomic mass is 32.1. The van der Waals surface area contributed by atoms with Crippen LogP contribution in [-0.2, 0) is 9.53 Å². The third-order valence-electron chi connectivity index (χ3n) is 4.69. The summed E-state index contributed by atoms with van der Waals surface area (Å²) in [5.74, 6) is 0.148. The summed E-state index contributed by atoms with van der Waals surface area (Å²) in [6, 6.07) is 3.77. The van der Waals surface area contributed by atoms with E-state index in [9.17, 15) is 9.59 Å². The molecule has 25 heavy (non-hydrogen) atoms. The molecule has 8 heteroatoms. The number of nitrogens with zero attached hydrogens (tertiary/aromatic N) is 2. The fourth-order valence-electron chi connectivity index (χ4n) is 3.28. The van der Waals surface area contributed by atoms with Crippen LogP contribution < -0.4 is 5.32 Å². The van der Waals surface area contributed by atoms with Crippen LogP contribution in [0, 0.1) is 0 Å². The quantitative estimate of drug-likeness (QED) is 0.886. The Bertz CT molecular complexity index is 728. The highest BCUT2D eigenvalue weighted by Crippen LogP contribution is 2.27. The fourth-order valence-corrected chi connectivity index (χ4v) is 4.23. The molecule has 1 atom stereocenters. The Hall–Kier alpha value is -1.90. The summed E-state index contributed by atoms with van der Waals surface area (Å²) < 4.78 is 11.7. The van der Waals surface area contributed by atoms with Crippen molar-refractivity contribution in [1.29, 1.82) is 0 Å². The Kier molecular flexibility index (Phi) is 4.74. The van der Waals surface area contributed by atoms with Gasteiger partial charge in [-0.05, 0) is 6.07 Å². The normalized spacial score (nSPS) is 21.7. The number of carbonyl (C=O) groups is 2. The maximum Gasteiger partial charge on any atom is 0.264 e. The van der Waals surface area contributed by atoms with Gasteiger partial charge in [-0.15, -0.1) is 11.3 Å². The lowest BCUT2D eigenvalue weighted by Crippen LogP contribution is -2.52. The third-order valence-corrected chi connectivity index (χ3v) is 5.76. The zero-order chi connectivity index (χ0) is 17.2. The van der Waals surface area contributed by atoms with Crippen molar-refractivity contribution in [2.75, 3.05) is 45.9 Å². The maximum absolute atomic E-state index is 12.6. The number of carbonyl (C=O) groups excluding carboxylic acids is 2. The molecule has 2 aliphatic heterocycles. The van der Waals surface area contributed by atoms with E-state index in [0.29, 0.717) is 50.7 Å². The second kappa shape index (κ2) is 7.15. The highest BCUT2D eigenvalue weighted by Gasteiger charge is 2.27. The summed E-state index contributed by atoms with van der Waals surface area (Å²) in [5, 5.41) is 3.30. The molecule has 2 aliphatic rings. The second-order valence-electron chi connectivity index (χ2n) is 6.36. The van der Waals surface area contributed by atoms with Crippen molar-refractivity contribution in [3.63, 3.8) is 0 Å². The van der Waals surface area contributed by atoms with Gasteiger partial charge in [0.2, 0.25) is 5.91 Å². The van der Waals surface area contributed by atoms with Gasteiger partial charge in [0.05, 0.1) is 29.1 Å². The van der Waals surface area contributed by atoms with E-state index >= 15 is 0 Å². The summed E-state index contributed by atoms with van der Waals surface area (Å²) >= 11 is 1.45. The predicted molar refractivity (Wildman–Crippen MR) is 93.8 cm³/mol. The summed E-state index contributed by atoms with van der Waals surface area (Å²) in [6.07, 6.45) is 2.08. The molecule has 2 fully saturated rings. The molecule has 4 rings (SSSR count). The smallest absolute Gasteiger partial charge is 0.264 e. The molecule has 2 aromatic rings. The molecule has 0 spiro atoms. The molecule has 0 aliphatic carbocycles. The van der Waals surface area contributed by atoms with E-state index in [1.54, 1.807) is 12.3 Å². The molecule has 0 saturated carbocycles. The second-order valence-corrected chi connectivity index (χ2v) is 7.45. The van der Waals surface area contributed by atoms with Crippen molar-refractivity contribution in [1.82, 2.24) is 15.1 Å². The average Bonchev–Trinajstić information content (AvgIpc) is 3.24. The van der Waals surface area contributed by atoms with Crippen molar-refractivity contribution in [2.24, 2.45) is 0 Å². The summed E-state index contributed by atoms with van der Waals surface area (Å²) in [6.45, 7) is 4.39. The number of nitrogens with one attached hydrogen (secondary N) is 1. The van der Waals surface area contributed by atoms with Gasteiger partial charge in [0, 0.05) is 51.3 Å². The van der Waals surface area contributed by atoms with Gasteiger partial charge in [-0.3, -0.25) is 9.59 Å². The van der Waals surface area contributed by atoms with Crippen LogP contribution in [0.1, 0.15) is 16.1 Å². The van der Waals surface area contributed by atoms with Crippen LogP contribution >= 0.6 is 11.3 Å². The molecule has 0 aromatic carbocycles. The lowest BCUT2D eigenvalue weighted by molar-refractivity contribution is -0.133. The minimum Gasteiger partial charge on any atom is -0.463 e. The van der Waals surface area contributed by atoms with Crippen LogP contribution in [0.3, 0.4) is 0 Å². The molecule has 0 bridgehead atoms. The number of fused-ring (bicyclic) bond motifs is 1. The van der Waals surface area contributed by atoms with Crippen molar-refractivity contribution >= 4 is 33.4 Å². The maximum atomic E-state index is 12.6. The Morgan fingerprint density at radius 2 is 2.04 bits per heavy atom. The summed E-state index contributed by atoms with van der Waals surface area (Å²) in [4.78, 5) is 29.4. The number of rotatable bonds is 3. The summed E-state index contributed by atoms with van der Waals surface area (Å²) in [5.41, 5.74) is 0.754. The minimum absolute atomic E-state index is 0.0193. The Labute approximate surface area is 149 Å². The van der Waals surface area contributed by atoms with Crippen LogP contribution in [0.5, 0.6) is 0 Å². The van der Waals surface area contributed by atoms with Crippen LogP contribution in [0.4, 0.5) is 0 Å². The lowest BCUT2D eigenvalue weighted by Gasteiger charge is -2.35. The van der Waals surface area contributed by atoms with Gasteiger partial charge < -0.3 is 24.3 Å². The van der Waals surface area contributed by atoms with E-state index in [1.807, 2.05) is 15.9 Å². The first-order chi connectivity index (χ1) is 12.2. The first-order valence-electron chi connectivity index (χ1n) is 8.56. The van der Waals surface area contributed by atoms with Gasteiger partial charge in [-0.1, -0.05) is 0 Å². The third kappa shape index (κ3) is 3.56. The molecule has 1 N–H and O–H groups in total. The van der Waals surface area contributed by atoms with Crippen LogP contribution in [0.25, 0.3) is 10.3 Å². The molecule has 2 saturated heterocycles. The molecule has 134 valence electrons. The van der Waals surface area contributed by atoms with E-state index < -0.39 is 0 Å². The fraction of sp³-hybridized carbons (Fsp3) is 0.529. The minimum atomic E-state index is 0.0193. The number of amides is 2. The van der Waals surface area contributed by atoms with E-state index in [-0.39, 0.29) is 17.9 Å². The zero-order valence-electron chi connectivity index (χ0n) is 13.9. The first-order valence-corrected chi connectivity index (χ1v) is 9.37. The largest absolute Gasteiger partial charge is 0.463 e. The van der Waals surface area contributed by atoms with Crippen molar-refractivity contribution in [3.05, 3.63) is 23.3 Å². The van der Waals surface area contributed by atoms with Crippen molar-refractivity contribution < 1.29 is 18.7 Å². The molecular formula is C17H21N3O4S. The number of hydrogen-bond acceptors (Lipinski definition) is 6. The number of thiophene rings is 1. The van der Waals surface area contributed by atoms with Gasteiger partial charge in [0.1, 0.15) is 5.58 Å². The standard InChI is InChI=1S/C17H21N3O4S/c21-16(9-12-11-23-8-2-18-12)19-3-5-20(6-4-19)17(22)15-10-13-14(25-15)1-7-24-13/h1,7,10,12,18H,2-6,8-9,11H2. The van der Waals surface area contributed by atoms with E-state index in [1.165, 1.54) is 11.3 Å². The number of hydrogen-bond donors (Lipinski definition) is 1. The number of ether oxygens (including phenoxy) is 1. The Morgan fingerprint density at radius 1 is 1.24 bits per heavy atom. The number of furan rings is 1. The summed E-state index contributed by atoms with van der Waals surface area (Å²) in [7, 11) is 0. The molecular weight excluding hydrogens is 342 g/mol. The van der Waals surface area contributed by atoms with E-state index in [2.05, 4.69) is 5.32 Å². The van der Waals surface area contributed by atoms with Crippen molar-refractivity contribution in [3.8, 4) is 0 Å². The SMILES string of the molecule is O=C(CC1COCCN1)N1CCN(C(=O)c2cc3occc3s2)CC1. The average molecular weight is 363 g/mol. The van der Waals surface area contributed by atoms with Crippen molar-refractivity contribution in [2.45, 2.75) is 12.5 Å². The molecule has 2 aromatic heterocycles. The number of morpholine rings is 1. The molecule has 1 unspecified atom stereocenters. The van der Waals surface area contributed by atoms with Gasteiger partial charge in [0.25, 0.3) is 5.91 Å². The monoisotopic (exact) mass is 363 g/mol. The molecule has 0 radical (unpaired) electrons. The topological polar surface area (TPSA) is 75.0 Å². The van der Waals surface area contributed by atoms with E-state index in [4.69, 9.17) is 9.15 Å². The highest BCUT2D eigenvalue weighted by molar-refractivity contribution is 7.20. The Balaban J connectivity index is 1.30.